The van der Waals surface area contributed by atoms with Gasteiger partial charge in [-0.1, -0.05) is 0 Å². The Kier molecular flexibility index (Phi) is 20.1. The molecule has 0 spiro atoms. The van der Waals surface area contributed by atoms with Gasteiger partial charge in [0.25, 0.3) is 35.4 Å². The molecule has 0 unspecified atom stereocenters. The Labute approximate surface area is 451 Å². The van der Waals surface area contributed by atoms with Gasteiger partial charge in [-0.2, -0.15) is 0 Å². The molecule has 0 saturated heterocycles. The van der Waals surface area contributed by atoms with Gasteiger partial charge >= 0.3 is 0 Å². The quantitative estimate of drug-likeness (QED) is 0.0307. The minimum Gasteiger partial charge on any atom is -0.435 e. The molecule has 6 heterocycles. The molecule has 30 heteroatoms. The molecule has 6 aromatic rings. The van der Waals surface area contributed by atoms with Crippen molar-refractivity contribution >= 4 is 88.0 Å². The molecule has 0 atom stereocenters. The van der Waals surface area contributed by atoms with Crippen molar-refractivity contribution < 1.29 is 52.4 Å². The van der Waals surface area contributed by atoms with E-state index in [0.29, 0.717) is 12.2 Å². The van der Waals surface area contributed by atoms with E-state index < -0.39 is 53.2 Å². The molecule has 10 amide bonds. The Balaban J connectivity index is 0.855. The molecule has 420 valence electrons. The largest absolute Gasteiger partial charge is 0.435 e. The highest BCUT2D eigenvalue weighted by molar-refractivity contribution is 6.05. The third-order valence-corrected chi connectivity index (χ3v) is 11.5. The SMILES string of the molecule is CN(C)CCCNC(=O)CCNC(=O)c1cc(NC(=O)c2nc(NC(=O)CCNC(=O)c3ccc(NC(=O)CCNC(=O)c4cc(NC(=O)c5nc(NC(=O)CCNC(=O)c6nccn6C)cn5C)cn4C)o3)cn2C)cn1C. The first-order valence-corrected chi connectivity index (χ1v) is 24.7. The van der Waals surface area contributed by atoms with Crippen LogP contribution < -0.4 is 53.2 Å². The molecule has 0 radical (unpaired) electrons. The molecule has 0 bridgehead atoms. The number of aromatic nitrogens is 8. The summed E-state index contributed by atoms with van der Waals surface area (Å²) in [6.45, 7) is 1.35. The van der Waals surface area contributed by atoms with Crippen LogP contribution in [0.3, 0.4) is 0 Å². The van der Waals surface area contributed by atoms with E-state index in [9.17, 15) is 47.9 Å². The van der Waals surface area contributed by atoms with Gasteiger partial charge in [-0.05, 0) is 45.3 Å². The smallest absolute Gasteiger partial charge is 0.291 e. The monoisotopic (exact) mass is 1090 g/mol. The van der Waals surface area contributed by atoms with E-state index in [4.69, 9.17) is 4.42 Å². The van der Waals surface area contributed by atoms with Crippen molar-refractivity contribution in [2.24, 2.45) is 35.2 Å². The molecular weight excluding hydrogens is 1030 g/mol. The van der Waals surface area contributed by atoms with Crippen molar-refractivity contribution in [3.8, 4) is 0 Å². The Morgan fingerprint density at radius 2 is 0.949 bits per heavy atom. The number of anilines is 5. The van der Waals surface area contributed by atoms with Crippen molar-refractivity contribution in [2.45, 2.75) is 32.1 Å². The summed E-state index contributed by atoms with van der Waals surface area (Å²) in [5.41, 5.74) is 0.988. The average molecular weight is 1090 g/mol. The van der Waals surface area contributed by atoms with Gasteiger partial charge in [-0.3, -0.25) is 53.3 Å². The lowest BCUT2D eigenvalue weighted by Crippen LogP contribution is -2.32. The number of nitrogens with one attached hydrogen (secondary N) is 10. The number of furan rings is 1. The Bertz CT molecular complexity index is 3220. The van der Waals surface area contributed by atoms with E-state index in [1.54, 1.807) is 52.2 Å². The predicted octanol–water partition coefficient (Wildman–Crippen LogP) is 0.125. The van der Waals surface area contributed by atoms with E-state index in [0.717, 1.165) is 13.0 Å². The lowest BCUT2D eigenvalue weighted by atomic mass is 10.3. The van der Waals surface area contributed by atoms with Crippen LogP contribution in [0.2, 0.25) is 0 Å². The van der Waals surface area contributed by atoms with Gasteiger partial charge in [0.1, 0.15) is 11.4 Å². The van der Waals surface area contributed by atoms with Crippen molar-refractivity contribution in [1.82, 2.24) is 69.3 Å². The van der Waals surface area contributed by atoms with Crippen LogP contribution in [-0.4, -0.2) is 155 Å². The first-order chi connectivity index (χ1) is 37.6. The molecule has 0 aliphatic carbocycles. The number of nitrogens with zero attached hydrogens (tertiary/aromatic N) is 9. The summed E-state index contributed by atoms with van der Waals surface area (Å²) in [4.78, 5) is 141. The standard InChI is InChI=1S/C49H63N19O11/c1-63(2)21-8-15-50-36(69)11-16-52-44(73)31-23-29(25-65(31)4)56-48(77)42-60-34(27-67(42)6)58-37(70)12-18-54-46(75)33-9-10-40(79-33)62-39(72)14-17-53-45(74)32-24-30(26-66(32)5)57-49(78)43-61-35(28-68(43)7)59-38(71)13-19-55-47(76)41-51-20-22-64(41)3/h9-10,20,22-28H,8,11-19,21H2,1-7H3,(H,50,69)(H,52,73)(H,53,74)(H,54,75)(H,55,76)(H,56,77)(H,57,78)(H,58,70)(H,59,71)(H,62,72). The molecule has 6 aromatic heterocycles. The fourth-order valence-corrected chi connectivity index (χ4v) is 7.51. The van der Waals surface area contributed by atoms with Gasteiger partial charge in [-0.25, -0.2) is 15.0 Å². The number of aryl methyl sites for hydroxylation is 5. The van der Waals surface area contributed by atoms with Gasteiger partial charge < -0.3 is 80.0 Å². The highest BCUT2D eigenvalue weighted by Gasteiger charge is 2.22. The molecule has 30 nitrogen and oxygen atoms in total. The topological polar surface area (TPSA) is 371 Å². The summed E-state index contributed by atoms with van der Waals surface area (Å²) in [5.74, 6) is -4.91. The molecule has 6 rings (SSSR count). The summed E-state index contributed by atoms with van der Waals surface area (Å²) >= 11 is 0. The minimum absolute atomic E-state index is 0.0400. The molecule has 10 N–H and O–H groups in total. The number of hydrogen-bond acceptors (Lipinski definition) is 15. The first kappa shape index (κ1) is 58.4. The van der Waals surface area contributed by atoms with Crippen LogP contribution in [0.5, 0.6) is 0 Å². The molecule has 0 fully saturated rings. The summed E-state index contributed by atoms with van der Waals surface area (Å²) in [6.07, 6.45) is 9.52. The maximum atomic E-state index is 13.1. The van der Waals surface area contributed by atoms with Crippen LogP contribution in [0.4, 0.5) is 28.9 Å². The van der Waals surface area contributed by atoms with Crippen molar-refractivity contribution in [3.05, 3.63) is 96.1 Å². The van der Waals surface area contributed by atoms with Gasteiger partial charge in [0.15, 0.2) is 29.1 Å². The predicted molar refractivity (Wildman–Crippen MR) is 285 cm³/mol. The van der Waals surface area contributed by atoms with Crippen LogP contribution in [0, 0.1) is 0 Å². The molecule has 0 aliphatic rings. The fraction of sp³-hybridized carbons (Fsp3) is 0.367. The maximum Gasteiger partial charge on any atom is 0.291 e. The number of rotatable bonds is 27. The Hall–Kier alpha value is -9.87. The van der Waals surface area contributed by atoms with Gasteiger partial charge in [0.2, 0.25) is 35.3 Å². The highest BCUT2D eigenvalue weighted by atomic mass is 16.4. The van der Waals surface area contributed by atoms with E-state index in [-0.39, 0.29) is 116 Å². The zero-order valence-corrected chi connectivity index (χ0v) is 44.6. The molecule has 79 heavy (non-hydrogen) atoms. The van der Waals surface area contributed by atoms with Crippen LogP contribution in [-0.2, 0) is 54.4 Å². The van der Waals surface area contributed by atoms with Crippen molar-refractivity contribution in [1.29, 1.82) is 0 Å². The molecule has 0 aliphatic heterocycles. The summed E-state index contributed by atoms with van der Waals surface area (Å²) in [5, 5.41) is 26.3. The lowest BCUT2D eigenvalue weighted by molar-refractivity contribution is -0.121. The van der Waals surface area contributed by atoms with Crippen LogP contribution in [0.25, 0.3) is 0 Å². The van der Waals surface area contributed by atoms with Gasteiger partial charge in [0.05, 0.1) is 11.4 Å². The van der Waals surface area contributed by atoms with Gasteiger partial charge in [0, 0.05) is 137 Å². The number of carbonyl (C=O) groups is 10. The number of carbonyl (C=O) groups excluding carboxylic acids is 10. The second-order valence-electron chi connectivity index (χ2n) is 18.2. The van der Waals surface area contributed by atoms with Crippen molar-refractivity contribution in [3.63, 3.8) is 0 Å². The van der Waals surface area contributed by atoms with E-state index in [1.807, 2.05) is 19.0 Å². The Morgan fingerprint density at radius 1 is 0.481 bits per heavy atom. The second-order valence-corrected chi connectivity index (χ2v) is 18.2. The lowest BCUT2D eigenvalue weighted by Gasteiger charge is -2.10. The second kappa shape index (κ2) is 27.3. The maximum absolute atomic E-state index is 13.1. The zero-order valence-electron chi connectivity index (χ0n) is 44.6. The first-order valence-electron chi connectivity index (χ1n) is 24.7. The number of amides is 10. The minimum atomic E-state index is -0.669. The highest BCUT2D eigenvalue weighted by Crippen LogP contribution is 2.18. The Morgan fingerprint density at radius 3 is 1.43 bits per heavy atom. The third-order valence-electron chi connectivity index (χ3n) is 11.5. The van der Waals surface area contributed by atoms with Crippen LogP contribution in [0.15, 0.2) is 65.9 Å². The number of hydrogen-bond donors (Lipinski definition) is 10. The molecule has 0 saturated carbocycles. The summed E-state index contributed by atoms with van der Waals surface area (Å²) in [6, 6.07) is 5.59. The van der Waals surface area contributed by atoms with Crippen LogP contribution >= 0.6 is 0 Å². The van der Waals surface area contributed by atoms with E-state index in [2.05, 4.69) is 68.1 Å². The molecule has 0 aromatic carbocycles. The summed E-state index contributed by atoms with van der Waals surface area (Å²) in [7, 11) is 11.9. The average Bonchev–Trinajstić information content (AvgIpc) is 4.28. The summed E-state index contributed by atoms with van der Waals surface area (Å²) < 4.78 is 12.8. The third kappa shape index (κ3) is 17.1. The molecular formula is C49H63N19O11. The van der Waals surface area contributed by atoms with Crippen LogP contribution in [0.1, 0.15) is 95.5 Å². The normalized spacial score (nSPS) is 10.9. The van der Waals surface area contributed by atoms with Gasteiger partial charge in [-0.15, -0.1) is 0 Å². The van der Waals surface area contributed by atoms with E-state index in [1.165, 1.54) is 67.3 Å². The zero-order chi connectivity index (χ0) is 57.3. The van der Waals surface area contributed by atoms with E-state index >= 15 is 0 Å². The number of imidazole rings is 3. The fourth-order valence-electron chi connectivity index (χ4n) is 7.51. The van der Waals surface area contributed by atoms with Crippen molar-refractivity contribution in [2.75, 3.05) is 79.9 Å².